The van der Waals surface area contributed by atoms with Crippen molar-refractivity contribution in [2.24, 2.45) is 0 Å². The van der Waals surface area contributed by atoms with Crippen molar-refractivity contribution in [2.45, 2.75) is 45.6 Å². The van der Waals surface area contributed by atoms with Crippen LogP contribution in [0.5, 0.6) is 0 Å². The highest BCUT2D eigenvalue weighted by molar-refractivity contribution is 6.90. The summed E-state index contributed by atoms with van der Waals surface area (Å²) in [6.45, 7) is 6.41. The molecule has 0 saturated heterocycles. The van der Waals surface area contributed by atoms with Crippen LogP contribution in [0.25, 0.3) is 0 Å². The minimum Gasteiger partial charge on any atom is -0.403 e. The SMILES string of the molecule is CCCCC(C)(C)O[SiH2]Cl. The Labute approximate surface area is 70.7 Å². The van der Waals surface area contributed by atoms with Crippen molar-refractivity contribution in [3.8, 4) is 0 Å². The topological polar surface area (TPSA) is 9.23 Å². The summed E-state index contributed by atoms with van der Waals surface area (Å²) in [6, 6.07) is 0. The predicted molar refractivity (Wildman–Crippen MR) is 49.1 cm³/mol. The van der Waals surface area contributed by atoms with E-state index in [1.165, 1.54) is 12.8 Å². The first-order chi connectivity index (χ1) is 4.62. The van der Waals surface area contributed by atoms with Crippen LogP contribution in [-0.4, -0.2) is 14.7 Å². The smallest absolute Gasteiger partial charge is 0.259 e. The van der Waals surface area contributed by atoms with Gasteiger partial charge >= 0.3 is 0 Å². The highest BCUT2D eigenvalue weighted by Crippen LogP contribution is 2.17. The number of hydrogen-bond acceptors (Lipinski definition) is 1. The van der Waals surface area contributed by atoms with Crippen LogP contribution in [0.3, 0.4) is 0 Å². The molecule has 0 N–H and O–H groups in total. The zero-order valence-corrected chi connectivity index (χ0v) is 9.28. The van der Waals surface area contributed by atoms with Gasteiger partial charge in [-0.2, -0.15) is 0 Å². The maximum absolute atomic E-state index is 5.58. The van der Waals surface area contributed by atoms with Gasteiger partial charge in [-0.3, -0.25) is 0 Å². The molecule has 0 aliphatic rings. The van der Waals surface area contributed by atoms with Gasteiger partial charge < -0.3 is 4.43 Å². The molecule has 0 saturated carbocycles. The van der Waals surface area contributed by atoms with Crippen molar-refractivity contribution in [1.29, 1.82) is 0 Å². The second-order valence-electron chi connectivity index (χ2n) is 3.12. The summed E-state index contributed by atoms with van der Waals surface area (Å²) in [6.07, 6.45) is 3.60. The largest absolute Gasteiger partial charge is 0.403 e. The van der Waals surface area contributed by atoms with Crippen molar-refractivity contribution in [1.82, 2.24) is 0 Å². The van der Waals surface area contributed by atoms with Crippen LogP contribution >= 0.6 is 11.1 Å². The van der Waals surface area contributed by atoms with Gasteiger partial charge in [-0.1, -0.05) is 19.8 Å². The monoisotopic (exact) mass is 180 g/mol. The van der Waals surface area contributed by atoms with Gasteiger partial charge in [0, 0.05) is 0 Å². The van der Waals surface area contributed by atoms with E-state index in [9.17, 15) is 0 Å². The summed E-state index contributed by atoms with van der Waals surface area (Å²) < 4.78 is 5.44. The average molecular weight is 181 g/mol. The summed E-state index contributed by atoms with van der Waals surface area (Å²) >= 11 is 5.58. The standard InChI is InChI=1S/C7H17ClOSi/c1-4-5-6-7(2,3)9-10-8/h4-6,10H2,1-3H3. The molecule has 1 nitrogen and oxygen atoms in total. The molecular weight excluding hydrogens is 164 g/mol. The number of unbranched alkanes of at least 4 members (excludes halogenated alkanes) is 1. The third-order valence-corrected chi connectivity index (χ3v) is 2.80. The lowest BCUT2D eigenvalue weighted by molar-refractivity contribution is 0.107. The fourth-order valence-corrected chi connectivity index (χ4v) is 2.15. The van der Waals surface area contributed by atoms with E-state index in [4.69, 9.17) is 15.5 Å². The minimum absolute atomic E-state index is 0.0317. The Bertz CT molecular complexity index is 85.7. The molecule has 0 unspecified atom stereocenters. The molecule has 0 radical (unpaired) electrons. The molecule has 0 bridgehead atoms. The maximum Gasteiger partial charge on any atom is 0.259 e. The van der Waals surface area contributed by atoms with Crippen LogP contribution in [-0.2, 0) is 4.43 Å². The van der Waals surface area contributed by atoms with Crippen molar-refractivity contribution in [3.05, 3.63) is 0 Å². The Morgan fingerprint density at radius 1 is 1.50 bits per heavy atom. The number of halogens is 1. The second kappa shape index (κ2) is 5.16. The molecule has 0 aromatic carbocycles. The van der Waals surface area contributed by atoms with E-state index in [0.29, 0.717) is 0 Å². The molecule has 0 atom stereocenters. The summed E-state index contributed by atoms with van der Waals surface area (Å²) in [5, 5.41) is 0. The molecule has 0 spiro atoms. The van der Waals surface area contributed by atoms with E-state index in [0.717, 1.165) is 6.42 Å². The van der Waals surface area contributed by atoms with Crippen LogP contribution in [0.1, 0.15) is 40.0 Å². The molecule has 0 aromatic rings. The van der Waals surface area contributed by atoms with Crippen molar-refractivity contribution < 1.29 is 4.43 Å². The molecule has 62 valence electrons. The molecule has 0 rings (SSSR count). The van der Waals surface area contributed by atoms with Crippen LogP contribution in [0.2, 0.25) is 0 Å². The predicted octanol–water partition coefficient (Wildman–Crippen LogP) is 2.21. The lowest BCUT2D eigenvalue weighted by atomic mass is 10.0. The van der Waals surface area contributed by atoms with Gasteiger partial charge in [0.25, 0.3) is 9.07 Å². The van der Waals surface area contributed by atoms with Crippen LogP contribution in [0.4, 0.5) is 0 Å². The molecule has 0 fully saturated rings. The Morgan fingerprint density at radius 2 is 2.10 bits per heavy atom. The lowest BCUT2D eigenvalue weighted by Crippen LogP contribution is -2.24. The van der Waals surface area contributed by atoms with Gasteiger partial charge in [-0.25, -0.2) is 0 Å². The van der Waals surface area contributed by atoms with E-state index < -0.39 is 9.07 Å². The third kappa shape index (κ3) is 5.27. The first-order valence-electron chi connectivity index (χ1n) is 3.82. The van der Waals surface area contributed by atoms with Crippen LogP contribution in [0, 0.1) is 0 Å². The third-order valence-electron chi connectivity index (χ3n) is 1.58. The van der Waals surface area contributed by atoms with Gasteiger partial charge in [-0.05, 0) is 20.3 Å². The lowest BCUT2D eigenvalue weighted by Gasteiger charge is -2.23. The van der Waals surface area contributed by atoms with Gasteiger partial charge in [0.05, 0.1) is 5.60 Å². The molecule has 0 heterocycles. The summed E-state index contributed by atoms with van der Waals surface area (Å²) in [5.41, 5.74) is 0.0317. The van der Waals surface area contributed by atoms with E-state index >= 15 is 0 Å². The first kappa shape index (κ1) is 10.5. The Balaban J connectivity index is 3.42. The zero-order chi connectivity index (χ0) is 8.04. The highest BCUT2D eigenvalue weighted by atomic mass is 35.6. The molecule has 10 heavy (non-hydrogen) atoms. The molecule has 0 aliphatic heterocycles. The summed E-state index contributed by atoms with van der Waals surface area (Å²) in [7, 11) is -0.746. The van der Waals surface area contributed by atoms with Crippen molar-refractivity contribution in [3.63, 3.8) is 0 Å². The van der Waals surface area contributed by atoms with E-state index in [-0.39, 0.29) is 5.60 Å². The fraction of sp³-hybridized carbons (Fsp3) is 1.00. The summed E-state index contributed by atoms with van der Waals surface area (Å²) in [5.74, 6) is 0. The molecular formula is C7H17ClOSi. The van der Waals surface area contributed by atoms with Gasteiger partial charge in [0.1, 0.15) is 0 Å². The quantitative estimate of drug-likeness (QED) is 0.466. The molecule has 0 amide bonds. The second-order valence-corrected chi connectivity index (χ2v) is 4.28. The normalized spacial score (nSPS) is 13.2. The maximum atomic E-state index is 5.58. The highest BCUT2D eigenvalue weighted by Gasteiger charge is 2.15. The number of rotatable bonds is 5. The number of hydrogen-bond donors (Lipinski definition) is 0. The Kier molecular flexibility index (Phi) is 5.40. The van der Waals surface area contributed by atoms with Crippen molar-refractivity contribution >= 4 is 20.2 Å². The average Bonchev–Trinajstić information content (AvgIpc) is 1.84. The Morgan fingerprint density at radius 3 is 2.50 bits per heavy atom. The van der Waals surface area contributed by atoms with Gasteiger partial charge in [-0.15, -0.1) is 11.1 Å². The van der Waals surface area contributed by atoms with E-state index in [1.807, 2.05) is 0 Å². The first-order valence-corrected chi connectivity index (χ1v) is 6.54. The van der Waals surface area contributed by atoms with Gasteiger partial charge in [0.15, 0.2) is 0 Å². The van der Waals surface area contributed by atoms with E-state index in [2.05, 4.69) is 20.8 Å². The fourth-order valence-electron chi connectivity index (χ4n) is 0.822. The summed E-state index contributed by atoms with van der Waals surface area (Å²) in [4.78, 5) is 0. The van der Waals surface area contributed by atoms with E-state index in [1.54, 1.807) is 0 Å². The molecule has 0 aromatic heterocycles. The van der Waals surface area contributed by atoms with Crippen LogP contribution < -0.4 is 0 Å². The molecule has 0 aliphatic carbocycles. The molecule has 3 heteroatoms. The Hall–Kier alpha value is 0.467. The van der Waals surface area contributed by atoms with Gasteiger partial charge in [0.2, 0.25) is 0 Å². The minimum atomic E-state index is -0.746. The van der Waals surface area contributed by atoms with Crippen molar-refractivity contribution in [2.75, 3.05) is 0 Å². The zero-order valence-electron chi connectivity index (χ0n) is 7.11. The van der Waals surface area contributed by atoms with Crippen LogP contribution in [0.15, 0.2) is 0 Å².